The zero-order valence-corrected chi connectivity index (χ0v) is 25.8. The summed E-state index contributed by atoms with van der Waals surface area (Å²) in [6.07, 6.45) is 7.31. The third-order valence-corrected chi connectivity index (χ3v) is 11.2. The third kappa shape index (κ3) is 5.26. The summed E-state index contributed by atoms with van der Waals surface area (Å²) in [5, 5.41) is 40.8. The van der Waals surface area contributed by atoms with E-state index in [4.69, 9.17) is 13.9 Å². The molecule has 2 N–H and O–H groups in total. The summed E-state index contributed by atoms with van der Waals surface area (Å²) in [6.45, 7) is 3.73. The van der Waals surface area contributed by atoms with Gasteiger partial charge < -0.3 is 24.4 Å². The lowest BCUT2D eigenvalue weighted by Gasteiger charge is -2.39. The molecule has 4 atom stereocenters. The van der Waals surface area contributed by atoms with Gasteiger partial charge in [0, 0.05) is 42.2 Å². The number of hydrogen-bond acceptors (Lipinski definition) is 10. The van der Waals surface area contributed by atoms with E-state index < -0.39 is 41.2 Å². The number of aliphatic hydroxyl groups excluding tert-OH is 1. The Morgan fingerprint density at radius 1 is 1.11 bits per heavy atom. The fourth-order valence-electron chi connectivity index (χ4n) is 7.58. The molecular weight excluding hydrogens is 596 g/mol. The monoisotopic (exact) mass is 632 g/mol. The molecule has 1 aliphatic carbocycles. The highest BCUT2D eigenvalue weighted by Gasteiger charge is 2.46. The van der Waals surface area contributed by atoms with Gasteiger partial charge in [-0.2, -0.15) is 10.5 Å². The van der Waals surface area contributed by atoms with E-state index in [1.807, 2.05) is 22.5 Å². The van der Waals surface area contributed by atoms with Crippen LogP contribution in [0.15, 0.2) is 16.9 Å². The number of fused-ring (bicyclic) bond motifs is 5. The lowest BCUT2D eigenvalue weighted by Crippen LogP contribution is -2.47. The van der Waals surface area contributed by atoms with Crippen LogP contribution in [0.3, 0.4) is 0 Å². The average Bonchev–Trinajstić information content (AvgIpc) is 3.43. The maximum atomic E-state index is 13.6. The van der Waals surface area contributed by atoms with Gasteiger partial charge in [0.15, 0.2) is 11.9 Å². The van der Waals surface area contributed by atoms with E-state index in [1.165, 1.54) is 23.8 Å². The van der Waals surface area contributed by atoms with E-state index in [0.29, 0.717) is 29.5 Å². The van der Waals surface area contributed by atoms with Crippen molar-refractivity contribution >= 4 is 17.3 Å². The summed E-state index contributed by atoms with van der Waals surface area (Å²) in [7, 11) is 0. The quantitative estimate of drug-likeness (QED) is 0.409. The SMILES string of the molecule is N#CCc1c2c(nc3c1Cn1c-3cc3c(c1=O)COC(O)C3(O)CC#N)C=CC(OS(=O)N1CCC(N3CCCCC3)CC1)C2. The van der Waals surface area contributed by atoms with Crippen LogP contribution < -0.4 is 5.56 Å². The molecule has 7 rings (SSSR count). The van der Waals surface area contributed by atoms with Crippen LogP contribution in [-0.4, -0.2) is 77.8 Å². The normalized spacial score (nSPS) is 27.1. The zero-order chi connectivity index (χ0) is 31.3. The van der Waals surface area contributed by atoms with Crippen molar-refractivity contribution in [2.45, 2.75) is 88.6 Å². The van der Waals surface area contributed by atoms with Crippen molar-refractivity contribution in [3.63, 3.8) is 0 Å². The van der Waals surface area contributed by atoms with E-state index >= 15 is 0 Å². The van der Waals surface area contributed by atoms with Crippen LogP contribution in [-0.2, 0) is 51.8 Å². The molecular formula is C32H36N6O6S. The number of nitrogens with zero attached hydrogens (tertiary/aromatic N) is 6. The number of rotatable bonds is 6. The molecule has 4 aliphatic heterocycles. The van der Waals surface area contributed by atoms with Crippen molar-refractivity contribution in [1.29, 1.82) is 10.5 Å². The topological polar surface area (TPSA) is 165 Å². The first-order valence-electron chi connectivity index (χ1n) is 15.7. The lowest BCUT2D eigenvalue weighted by molar-refractivity contribution is -0.233. The Morgan fingerprint density at radius 2 is 1.89 bits per heavy atom. The first-order chi connectivity index (χ1) is 21.8. The molecule has 236 valence electrons. The van der Waals surface area contributed by atoms with Crippen LogP contribution in [0, 0.1) is 22.7 Å². The van der Waals surface area contributed by atoms with E-state index in [9.17, 15) is 29.7 Å². The van der Waals surface area contributed by atoms with E-state index in [0.717, 1.165) is 55.7 Å². The number of aromatic nitrogens is 2. The molecule has 6 heterocycles. The Labute approximate surface area is 263 Å². The third-order valence-electron chi connectivity index (χ3n) is 10.0. The molecule has 12 nitrogen and oxygen atoms in total. The molecule has 5 aliphatic rings. The van der Waals surface area contributed by atoms with E-state index in [1.54, 1.807) is 6.07 Å². The predicted octanol–water partition coefficient (Wildman–Crippen LogP) is 1.77. The van der Waals surface area contributed by atoms with Crippen LogP contribution in [0.4, 0.5) is 0 Å². The van der Waals surface area contributed by atoms with Crippen LogP contribution in [0.2, 0.25) is 0 Å². The first-order valence-corrected chi connectivity index (χ1v) is 16.7. The molecule has 45 heavy (non-hydrogen) atoms. The minimum atomic E-state index is -2.06. The van der Waals surface area contributed by atoms with Gasteiger partial charge in [0.05, 0.1) is 61.3 Å². The molecule has 0 aromatic carbocycles. The van der Waals surface area contributed by atoms with Crippen molar-refractivity contribution in [3.8, 4) is 23.5 Å². The minimum absolute atomic E-state index is 0.0868. The van der Waals surface area contributed by atoms with Gasteiger partial charge in [0.2, 0.25) is 11.3 Å². The van der Waals surface area contributed by atoms with Gasteiger partial charge in [-0.3, -0.25) is 8.98 Å². The maximum Gasteiger partial charge on any atom is 0.257 e. The molecule has 0 bridgehead atoms. The summed E-state index contributed by atoms with van der Waals surface area (Å²) < 4.78 is 28.1. The van der Waals surface area contributed by atoms with Crippen LogP contribution in [0.5, 0.6) is 0 Å². The average molecular weight is 633 g/mol. The molecule has 0 spiro atoms. The van der Waals surface area contributed by atoms with Gasteiger partial charge in [-0.05, 0) is 62.0 Å². The standard InChI is InChI=1S/C32H36N6O6S/c33-10-6-22-23-16-21(44-45(42)37-14-7-20(8-15-37)36-12-2-1-3-13-36)4-5-27(23)35-29-24(22)18-38-28(29)17-26-25(30(38)39)19-43-31(40)32(26,41)9-11-34/h4-5,17,20-21,31,40-41H,1-3,6-9,12-16,18-19H2. The molecule has 13 heteroatoms. The van der Waals surface area contributed by atoms with Crippen LogP contribution in [0.25, 0.3) is 17.5 Å². The van der Waals surface area contributed by atoms with Gasteiger partial charge in [-0.15, -0.1) is 0 Å². The van der Waals surface area contributed by atoms with Crippen molar-refractivity contribution in [1.82, 2.24) is 18.8 Å². The summed E-state index contributed by atoms with van der Waals surface area (Å²) in [5.41, 5.74) is 1.79. The first kappa shape index (κ1) is 30.4. The minimum Gasteiger partial charge on any atom is -0.379 e. The van der Waals surface area contributed by atoms with E-state index in [-0.39, 0.29) is 30.7 Å². The number of aliphatic hydroxyl groups is 2. The molecule has 0 amide bonds. The fraction of sp³-hybridized carbons (Fsp3) is 0.562. The second-order valence-electron chi connectivity index (χ2n) is 12.5. The van der Waals surface area contributed by atoms with Crippen molar-refractivity contribution < 1.29 is 23.3 Å². The molecule has 0 saturated carbocycles. The Kier molecular flexibility index (Phi) is 8.21. The second kappa shape index (κ2) is 12.2. The highest BCUT2D eigenvalue weighted by molar-refractivity contribution is 7.77. The van der Waals surface area contributed by atoms with Gasteiger partial charge in [-0.25, -0.2) is 13.5 Å². The van der Waals surface area contributed by atoms with Gasteiger partial charge in [-0.1, -0.05) is 12.5 Å². The van der Waals surface area contributed by atoms with Crippen molar-refractivity contribution in [2.24, 2.45) is 0 Å². The van der Waals surface area contributed by atoms with Crippen LogP contribution >= 0.6 is 0 Å². The Balaban J connectivity index is 1.13. The number of ether oxygens (including phenoxy) is 1. The van der Waals surface area contributed by atoms with Gasteiger partial charge >= 0.3 is 0 Å². The van der Waals surface area contributed by atoms with Crippen LogP contribution in [0.1, 0.15) is 72.0 Å². The zero-order valence-electron chi connectivity index (χ0n) is 25.0. The van der Waals surface area contributed by atoms with Crippen molar-refractivity contribution in [3.05, 3.63) is 56.0 Å². The summed E-state index contributed by atoms with van der Waals surface area (Å²) in [6, 6.07) is 6.28. The fourth-order valence-corrected chi connectivity index (χ4v) is 8.55. The Morgan fingerprint density at radius 3 is 2.62 bits per heavy atom. The summed E-state index contributed by atoms with van der Waals surface area (Å²) >= 11 is -1.61. The van der Waals surface area contributed by atoms with Crippen molar-refractivity contribution in [2.75, 3.05) is 26.2 Å². The Hall–Kier alpha value is -3.27. The second-order valence-corrected chi connectivity index (χ2v) is 13.7. The molecule has 2 fully saturated rings. The summed E-state index contributed by atoms with van der Waals surface area (Å²) in [4.78, 5) is 21.1. The number of piperidine rings is 2. The van der Waals surface area contributed by atoms with E-state index in [2.05, 4.69) is 11.0 Å². The molecule has 4 unspecified atom stereocenters. The largest absolute Gasteiger partial charge is 0.379 e. The summed E-state index contributed by atoms with van der Waals surface area (Å²) in [5.74, 6) is 0. The number of pyridine rings is 2. The smallest absolute Gasteiger partial charge is 0.257 e. The molecule has 2 saturated heterocycles. The highest BCUT2D eigenvalue weighted by Crippen LogP contribution is 2.42. The number of nitriles is 2. The highest BCUT2D eigenvalue weighted by atomic mass is 32.2. The molecule has 2 aromatic rings. The Bertz CT molecular complexity index is 1710. The number of hydrogen-bond donors (Lipinski definition) is 2. The number of likely N-dealkylation sites (tertiary alicyclic amines) is 1. The lowest BCUT2D eigenvalue weighted by atomic mass is 9.85. The van der Waals surface area contributed by atoms with Gasteiger partial charge in [0.25, 0.3) is 5.56 Å². The molecule has 0 radical (unpaired) electrons. The molecule has 2 aromatic heterocycles. The maximum absolute atomic E-state index is 13.6. The predicted molar refractivity (Wildman–Crippen MR) is 163 cm³/mol. The van der Waals surface area contributed by atoms with Gasteiger partial charge in [0.1, 0.15) is 0 Å².